The summed E-state index contributed by atoms with van der Waals surface area (Å²) < 4.78 is 10.9. The number of nitrogens with one attached hydrogen (secondary N) is 2. The molecule has 0 radical (unpaired) electrons. The average Bonchev–Trinajstić information content (AvgIpc) is 2.66. The topological polar surface area (TPSA) is 59.0 Å². The van der Waals surface area contributed by atoms with Crippen molar-refractivity contribution in [3.05, 3.63) is 39.7 Å². The van der Waals surface area contributed by atoms with Crippen molar-refractivity contribution < 1.29 is 14.4 Å². The first-order valence-electron chi connectivity index (χ1n) is 9.12. The van der Waals surface area contributed by atoms with Crippen molar-refractivity contribution in [1.29, 1.82) is 0 Å². The molecule has 4 rings (SSSR count). The van der Waals surface area contributed by atoms with E-state index in [0.29, 0.717) is 0 Å². The number of quaternary nitrogens is 1. The van der Waals surface area contributed by atoms with Crippen LogP contribution in [-0.4, -0.2) is 57.6 Å². The van der Waals surface area contributed by atoms with Gasteiger partial charge in [-0.3, -0.25) is 4.79 Å². The van der Waals surface area contributed by atoms with Crippen LogP contribution in [0.1, 0.15) is 11.3 Å². The number of aromatic amines is 1. The Balaban J connectivity index is 1.69. The van der Waals surface area contributed by atoms with E-state index in [9.17, 15) is 4.79 Å². The van der Waals surface area contributed by atoms with Gasteiger partial charge in [0.1, 0.15) is 19.6 Å². The highest BCUT2D eigenvalue weighted by Gasteiger charge is 2.19. The lowest BCUT2D eigenvalue weighted by Crippen LogP contribution is -3.13. The molecule has 2 aliphatic heterocycles. The van der Waals surface area contributed by atoms with Crippen LogP contribution in [0.3, 0.4) is 0 Å². The third kappa shape index (κ3) is 3.42. The number of rotatable bonds is 3. The molecule has 3 heterocycles. The quantitative estimate of drug-likeness (QED) is 0.829. The fraction of sp³-hybridized carbons (Fsp3) is 0.526. The van der Waals surface area contributed by atoms with E-state index in [1.165, 1.54) is 4.90 Å². The Morgan fingerprint density at radius 2 is 1.84 bits per heavy atom. The number of ether oxygens (including phenoxy) is 2. The number of benzene rings is 1. The molecule has 0 saturated carbocycles. The molecule has 25 heavy (non-hydrogen) atoms. The summed E-state index contributed by atoms with van der Waals surface area (Å²) >= 11 is 0. The number of aromatic nitrogens is 1. The number of H-pyrrole nitrogens is 1. The van der Waals surface area contributed by atoms with E-state index < -0.39 is 0 Å². The summed E-state index contributed by atoms with van der Waals surface area (Å²) in [6, 6.07) is 6.16. The number of anilines is 1. The van der Waals surface area contributed by atoms with Crippen molar-refractivity contribution in [2.24, 2.45) is 0 Å². The van der Waals surface area contributed by atoms with Crippen LogP contribution in [0, 0.1) is 6.92 Å². The van der Waals surface area contributed by atoms with Crippen LogP contribution in [0.5, 0.6) is 0 Å². The predicted octanol–water partition coefficient (Wildman–Crippen LogP) is 0.0882. The summed E-state index contributed by atoms with van der Waals surface area (Å²) in [7, 11) is 0. The van der Waals surface area contributed by atoms with Crippen molar-refractivity contribution in [3.63, 3.8) is 0 Å². The summed E-state index contributed by atoms with van der Waals surface area (Å²) in [6.45, 7) is 9.49. The van der Waals surface area contributed by atoms with Gasteiger partial charge in [0.05, 0.1) is 32.0 Å². The fourth-order valence-electron chi connectivity index (χ4n) is 3.76. The highest BCUT2D eigenvalue weighted by atomic mass is 16.5. The molecular formula is C19H26N3O3+. The summed E-state index contributed by atoms with van der Waals surface area (Å²) in [5.74, 6) is 0. The lowest BCUT2D eigenvalue weighted by molar-refractivity contribution is -0.921. The van der Waals surface area contributed by atoms with Crippen LogP contribution in [0.2, 0.25) is 0 Å². The summed E-state index contributed by atoms with van der Waals surface area (Å²) in [5, 5.41) is 0.789. The molecular weight excluding hydrogens is 318 g/mol. The molecule has 0 atom stereocenters. The van der Waals surface area contributed by atoms with Gasteiger partial charge >= 0.3 is 0 Å². The minimum absolute atomic E-state index is 0.167. The maximum Gasteiger partial charge on any atom is 0.198 e. The van der Waals surface area contributed by atoms with E-state index in [2.05, 4.69) is 16.0 Å². The molecule has 134 valence electrons. The summed E-state index contributed by atoms with van der Waals surface area (Å²) in [4.78, 5) is 20.3. The van der Waals surface area contributed by atoms with Crippen LogP contribution in [0.15, 0.2) is 23.0 Å². The lowest BCUT2D eigenvalue weighted by atomic mass is 10.1. The first-order valence-corrected chi connectivity index (χ1v) is 9.12. The normalized spacial score (nSPS) is 19.5. The Hall–Kier alpha value is -1.89. The molecule has 2 saturated heterocycles. The maximum atomic E-state index is 13.2. The third-order valence-electron chi connectivity index (χ3n) is 5.30. The van der Waals surface area contributed by atoms with E-state index in [4.69, 9.17) is 9.47 Å². The first-order chi connectivity index (χ1) is 12.2. The molecule has 0 unspecified atom stereocenters. The van der Waals surface area contributed by atoms with Gasteiger partial charge in [0.25, 0.3) is 0 Å². The number of fused-ring (bicyclic) bond motifs is 1. The number of morpholine rings is 2. The lowest BCUT2D eigenvalue weighted by Gasteiger charge is -2.29. The molecule has 1 aromatic carbocycles. The predicted molar refractivity (Wildman–Crippen MR) is 97.6 cm³/mol. The number of nitrogens with zero attached hydrogens (tertiary/aromatic N) is 1. The molecule has 0 bridgehead atoms. The van der Waals surface area contributed by atoms with Crippen molar-refractivity contribution in [2.75, 3.05) is 57.5 Å². The molecule has 6 heteroatoms. The summed E-state index contributed by atoms with van der Waals surface area (Å²) in [5.41, 5.74) is 4.08. The molecule has 2 fully saturated rings. The van der Waals surface area contributed by atoms with E-state index in [1.807, 2.05) is 19.1 Å². The first kappa shape index (κ1) is 16.6. The van der Waals surface area contributed by atoms with Crippen molar-refractivity contribution >= 4 is 16.6 Å². The minimum Gasteiger partial charge on any atom is -0.378 e. The third-order valence-corrected chi connectivity index (χ3v) is 5.30. The molecule has 2 N–H and O–H groups in total. The van der Waals surface area contributed by atoms with Crippen LogP contribution in [0.25, 0.3) is 10.9 Å². The van der Waals surface area contributed by atoms with Gasteiger partial charge in [-0.1, -0.05) is 0 Å². The van der Waals surface area contributed by atoms with Crippen LogP contribution in [0.4, 0.5) is 5.69 Å². The van der Waals surface area contributed by atoms with E-state index in [1.54, 1.807) is 0 Å². The number of hydrogen-bond acceptors (Lipinski definition) is 4. The zero-order chi connectivity index (χ0) is 17.2. The van der Waals surface area contributed by atoms with Gasteiger partial charge in [-0.05, 0) is 25.1 Å². The SMILES string of the molecule is Cc1[nH]c2ccc(N3CCOCC3)cc2c(=O)c1C[NH+]1CCOCC1. The highest BCUT2D eigenvalue weighted by molar-refractivity contribution is 5.83. The van der Waals surface area contributed by atoms with Crippen LogP contribution < -0.4 is 15.2 Å². The second kappa shape index (κ2) is 7.15. The van der Waals surface area contributed by atoms with E-state index >= 15 is 0 Å². The molecule has 1 aromatic heterocycles. The molecule has 2 aromatic rings. The van der Waals surface area contributed by atoms with Gasteiger partial charge in [-0.2, -0.15) is 0 Å². The van der Waals surface area contributed by atoms with Gasteiger partial charge in [0.15, 0.2) is 5.43 Å². The van der Waals surface area contributed by atoms with Gasteiger partial charge in [-0.25, -0.2) is 0 Å². The molecule has 6 nitrogen and oxygen atoms in total. The second-order valence-electron chi connectivity index (χ2n) is 6.93. The van der Waals surface area contributed by atoms with Gasteiger partial charge < -0.3 is 24.3 Å². The van der Waals surface area contributed by atoms with Gasteiger partial charge in [0, 0.05) is 35.4 Å². The zero-order valence-corrected chi connectivity index (χ0v) is 14.8. The van der Waals surface area contributed by atoms with Crippen LogP contribution >= 0.6 is 0 Å². The Labute approximate surface area is 147 Å². The Morgan fingerprint density at radius 1 is 1.12 bits per heavy atom. The van der Waals surface area contributed by atoms with Gasteiger partial charge in [0.2, 0.25) is 0 Å². The van der Waals surface area contributed by atoms with E-state index in [-0.39, 0.29) is 5.43 Å². The second-order valence-corrected chi connectivity index (χ2v) is 6.93. The van der Waals surface area contributed by atoms with Gasteiger partial charge in [-0.15, -0.1) is 0 Å². The number of hydrogen-bond donors (Lipinski definition) is 2. The highest BCUT2D eigenvalue weighted by Crippen LogP contribution is 2.21. The molecule has 0 aliphatic carbocycles. The maximum absolute atomic E-state index is 13.2. The number of pyridine rings is 1. The monoisotopic (exact) mass is 344 g/mol. The average molecular weight is 344 g/mol. The van der Waals surface area contributed by atoms with E-state index in [0.717, 1.165) is 87.0 Å². The standard InChI is InChI=1S/C19H25N3O3/c1-14-17(13-21-4-8-24-9-5-21)19(23)16-12-15(2-3-18(16)20-14)22-6-10-25-11-7-22/h2-3,12H,4-11,13H2,1H3,(H,20,23)/p+1. The van der Waals surface area contributed by atoms with Crippen molar-refractivity contribution in [1.82, 2.24) is 4.98 Å². The molecule has 0 amide bonds. The zero-order valence-electron chi connectivity index (χ0n) is 14.8. The van der Waals surface area contributed by atoms with Crippen molar-refractivity contribution in [2.45, 2.75) is 13.5 Å². The smallest absolute Gasteiger partial charge is 0.198 e. The number of aryl methyl sites for hydroxylation is 1. The molecule has 2 aliphatic rings. The Bertz CT molecular complexity index is 805. The largest absolute Gasteiger partial charge is 0.378 e. The molecule has 0 spiro atoms. The minimum atomic E-state index is 0.167. The fourth-order valence-corrected chi connectivity index (χ4v) is 3.76. The van der Waals surface area contributed by atoms with Crippen molar-refractivity contribution in [3.8, 4) is 0 Å². The van der Waals surface area contributed by atoms with Crippen LogP contribution in [-0.2, 0) is 16.0 Å². The Morgan fingerprint density at radius 3 is 2.60 bits per heavy atom. The summed E-state index contributed by atoms with van der Waals surface area (Å²) in [6.07, 6.45) is 0. The Kier molecular flexibility index (Phi) is 4.74.